The summed E-state index contributed by atoms with van der Waals surface area (Å²) in [6, 6.07) is 12.8. The van der Waals surface area contributed by atoms with Gasteiger partial charge in [0, 0.05) is 25.6 Å². The largest absolute Gasteiger partial charge is 0.325 e. The molecule has 1 aromatic rings. The summed E-state index contributed by atoms with van der Waals surface area (Å²) in [7, 11) is 0. The van der Waals surface area contributed by atoms with Crippen LogP contribution in [0.4, 0.5) is 0 Å². The molecule has 1 heterocycles. The summed E-state index contributed by atoms with van der Waals surface area (Å²) >= 11 is 0. The zero-order valence-electron chi connectivity index (χ0n) is 9.56. The van der Waals surface area contributed by atoms with E-state index in [-0.39, 0.29) is 6.04 Å². The lowest BCUT2D eigenvalue weighted by molar-refractivity contribution is 0.0611. The van der Waals surface area contributed by atoms with Crippen LogP contribution in [0.3, 0.4) is 0 Å². The minimum atomic E-state index is -0.419. The molecule has 16 heavy (non-hydrogen) atoms. The lowest BCUT2D eigenvalue weighted by Gasteiger charge is -2.46. The maximum absolute atomic E-state index is 9.34. The van der Waals surface area contributed by atoms with Crippen molar-refractivity contribution in [3.05, 3.63) is 35.9 Å². The maximum atomic E-state index is 9.34. The van der Waals surface area contributed by atoms with Gasteiger partial charge in [-0.1, -0.05) is 30.3 Å². The van der Waals surface area contributed by atoms with Gasteiger partial charge in [0.05, 0.1) is 6.07 Å². The Morgan fingerprint density at radius 1 is 1.44 bits per heavy atom. The van der Waals surface area contributed by atoms with Crippen molar-refractivity contribution in [2.24, 2.45) is 5.73 Å². The number of rotatable bonds is 3. The molecule has 0 radical (unpaired) electrons. The highest BCUT2D eigenvalue weighted by Crippen LogP contribution is 2.24. The second-order valence-electron chi connectivity index (χ2n) is 4.71. The van der Waals surface area contributed by atoms with Gasteiger partial charge in [0.2, 0.25) is 0 Å². The van der Waals surface area contributed by atoms with E-state index in [2.05, 4.69) is 23.1 Å². The zero-order valence-corrected chi connectivity index (χ0v) is 9.56. The molecule has 0 spiro atoms. The van der Waals surface area contributed by atoms with E-state index in [1.165, 1.54) is 5.56 Å². The predicted molar refractivity (Wildman–Crippen MR) is 63.7 cm³/mol. The molecule has 0 bridgehead atoms. The standard InChI is InChI=1S/C13H17N3/c1-13(10-14,16-8-12(15)9-16)7-11-5-3-2-4-6-11/h2-6,12H,7-9,15H2,1H3. The first-order valence-electron chi connectivity index (χ1n) is 5.60. The van der Waals surface area contributed by atoms with E-state index >= 15 is 0 Å². The first-order valence-corrected chi connectivity index (χ1v) is 5.60. The molecule has 1 saturated heterocycles. The van der Waals surface area contributed by atoms with E-state index < -0.39 is 5.54 Å². The van der Waals surface area contributed by atoms with Crippen molar-refractivity contribution < 1.29 is 0 Å². The Labute approximate surface area is 96.5 Å². The van der Waals surface area contributed by atoms with Gasteiger partial charge in [-0.2, -0.15) is 5.26 Å². The normalized spacial score (nSPS) is 20.8. The van der Waals surface area contributed by atoms with Crippen molar-refractivity contribution >= 4 is 0 Å². The van der Waals surface area contributed by atoms with E-state index in [9.17, 15) is 5.26 Å². The van der Waals surface area contributed by atoms with E-state index in [0.717, 1.165) is 19.5 Å². The lowest BCUT2D eigenvalue weighted by atomic mass is 9.88. The van der Waals surface area contributed by atoms with Crippen molar-refractivity contribution in [3.63, 3.8) is 0 Å². The van der Waals surface area contributed by atoms with Gasteiger partial charge in [-0.25, -0.2) is 0 Å². The van der Waals surface area contributed by atoms with E-state index in [1.54, 1.807) is 0 Å². The van der Waals surface area contributed by atoms with E-state index in [0.29, 0.717) is 0 Å². The Bertz CT molecular complexity index is 389. The van der Waals surface area contributed by atoms with Crippen LogP contribution in [0.15, 0.2) is 30.3 Å². The molecular weight excluding hydrogens is 198 g/mol. The van der Waals surface area contributed by atoms with Crippen molar-refractivity contribution in [2.75, 3.05) is 13.1 Å². The molecule has 1 fully saturated rings. The average molecular weight is 215 g/mol. The van der Waals surface area contributed by atoms with Crippen molar-refractivity contribution in [1.29, 1.82) is 5.26 Å². The average Bonchev–Trinajstić information content (AvgIpc) is 2.26. The van der Waals surface area contributed by atoms with Crippen molar-refractivity contribution in [2.45, 2.75) is 24.9 Å². The summed E-state index contributed by atoms with van der Waals surface area (Å²) in [6.45, 7) is 3.65. The molecule has 3 nitrogen and oxygen atoms in total. The molecule has 0 aliphatic carbocycles. The van der Waals surface area contributed by atoms with Crippen LogP contribution in [-0.2, 0) is 6.42 Å². The van der Waals surface area contributed by atoms with Crippen LogP contribution < -0.4 is 5.73 Å². The molecule has 3 heteroatoms. The van der Waals surface area contributed by atoms with Crippen LogP contribution in [0, 0.1) is 11.3 Å². The summed E-state index contributed by atoms with van der Waals surface area (Å²) in [4.78, 5) is 2.16. The van der Waals surface area contributed by atoms with Crippen LogP contribution in [-0.4, -0.2) is 29.6 Å². The third-order valence-electron chi connectivity index (χ3n) is 3.24. The van der Waals surface area contributed by atoms with Crippen LogP contribution >= 0.6 is 0 Å². The Kier molecular flexibility index (Phi) is 2.95. The fourth-order valence-electron chi connectivity index (χ4n) is 2.13. The number of benzene rings is 1. The molecule has 1 aliphatic heterocycles. The third-order valence-corrected chi connectivity index (χ3v) is 3.24. The van der Waals surface area contributed by atoms with Gasteiger partial charge in [-0.05, 0) is 12.5 Å². The fourth-order valence-corrected chi connectivity index (χ4v) is 2.13. The third kappa shape index (κ3) is 2.08. The number of nitrogens with zero attached hydrogens (tertiary/aromatic N) is 2. The van der Waals surface area contributed by atoms with Crippen molar-refractivity contribution in [1.82, 2.24) is 4.90 Å². The molecule has 1 aromatic carbocycles. The van der Waals surface area contributed by atoms with Crippen molar-refractivity contribution in [3.8, 4) is 6.07 Å². The fraction of sp³-hybridized carbons (Fsp3) is 0.462. The van der Waals surface area contributed by atoms with Crippen LogP contribution in [0.2, 0.25) is 0 Å². The molecule has 2 N–H and O–H groups in total. The summed E-state index contributed by atoms with van der Waals surface area (Å²) in [5.41, 5.74) is 6.54. The summed E-state index contributed by atoms with van der Waals surface area (Å²) in [6.07, 6.45) is 0.761. The minimum absolute atomic E-state index is 0.239. The number of hydrogen-bond donors (Lipinski definition) is 1. The quantitative estimate of drug-likeness (QED) is 0.823. The number of nitrogens with two attached hydrogens (primary N) is 1. The minimum Gasteiger partial charge on any atom is -0.325 e. The zero-order chi connectivity index (χ0) is 11.6. The van der Waals surface area contributed by atoms with E-state index in [4.69, 9.17) is 5.73 Å². The highest BCUT2D eigenvalue weighted by Gasteiger charge is 2.39. The first-order chi connectivity index (χ1) is 7.64. The monoisotopic (exact) mass is 215 g/mol. The van der Waals surface area contributed by atoms with Gasteiger partial charge in [-0.3, -0.25) is 4.90 Å². The Balaban J connectivity index is 2.09. The molecule has 84 valence electrons. The van der Waals surface area contributed by atoms with Gasteiger partial charge in [-0.15, -0.1) is 0 Å². The second kappa shape index (κ2) is 4.25. The van der Waals surface area contributed by atoms with Gasteiger partial charge in [0.25, 0.3) is 0 Å². The molecule has 0 amide bonds. The molecule has 1 aliphatic rings. The Morgan fingerprint density at radius 2 is 2.06 bits per heavy atom. The molecular formula is C13H17N3. The molecule has 2 rings (SSSR count). The van der Waals surface area contributed by atoms with Gasteiger partial charge < -0.3 is 5.73 Å². The maximum Gasteiger partial charge on any atom is 0.110 e. The Morgan fingerprint density at radius 3 is 2.56 bits per heavy atom. The summed E-state index contributed by atoms with van der Waals surface area (Å²) < 4.78 is 0. The summed E-state index contributed by atoms with van der Waals surface area (Å²) in [5.74, 6) is 0. The smallest absolute Gasteiger partial charge is 0.110 e. The Hall–Kier alpha value is -1.37. The second-order valence-corrected chi connectivity index (χ2v) is 4.71. The SMILES string of the molecule is CC(C#N)(Cc1ccccc1)N1CC(N)C1. The predicted octanol–water partition coefficient (Wildman–Crippen LogP) is 1.15. The molecule has 1 unspecified atom stereocenters. The van der Waals surface area contributed by atoms with Crippen LogP contribution in [0.5, 0.6) is 0 Å². The van der Waals surface area contributed by atoms with Gasteiger partial charge >= 0.3 is 0 Å². The highest BCUT2D eigenvalue weighted by atomic mass is 15.3. The number of hydrogen-bond acceptors (Lipinski definition) is 3. The number of nitriles is 1. The first kappa shape index (κ1) is 11.1. The number of likely N-dealkylation sites (tertiary alicyclic amines) is 1. The van der Waals surface area contributed by atoms with Crippen LogP contribution in [0.25, 0.3) is 0 Å². The topological polar surface area (TPSA) is 53.0 Å². The lowest BCUT2D eigenvalue weighted by Crippen LogP contribution is -2.64. The highest BCUT2D eigenvalue weighted by molar-refractivity contribution is 5.22. The molecule has 0 aromatic heterocycles. The van der Waals surface area contributed by atoms with Gasteiger partial charge in [0.15, 0.2) is 0 Å². The molecule has 1 atom stereocenters. The molecule has 0 saturated carbocycles. The van der Waals surface area contributed by atoms with Crippen LogP contribution in [0.1, 0.15) is 12.5 Å². The van der Waals surface area contributed by atoms with Gasteiger partial charge in [0.1, 0.15) is 5.54 Å². The van der Waals surface area contributed by atoms with E-state index in [1.807, 2.05) is 25.1 Å². The summed E-state index contributed by atoms with van der Waals surface area (Å²) in [5, 5.41) is 9.34.